The number of rotatable bonds is 4. The maximum Gasteiger partial charge on any atom is 0.416 e. The van der Waals surface area contributed by atoms with Gasteiger partial charge in [-0.25, -0.2) is 4.79 Å². The van der Waals surface area contributed by atoms with Gasteiger partial charge in [0.25, 0.3) is 0 Å². The van der Waals surface area contributed by atoms with Crippen LogP contribution in [0.1, 0.15) is 29.5 Å². The minimum absolute atomic E-state index is 0.125. The fourth-order valence-electron chi connectivity index (χ4n) is 3.60. The molecule has 150 valence electrons. The zero-order chi connectivity index (χ0) is 20.3. The summed E-state index contributed by atoms with van der Waals surface area (Å²) in [7, 11) is 0. The molecule has 1 amide bonds. The molecule has 0 aliphatic carbocycles. The van der Waals surface area contributed by atoms with Crippen LogP contribution in [0.15, 0.2) is 48.5 Å². The third kappa shape index (κ3) is 4.77. The van der Waals surface area contributed by atoms with Crippen molar-refractivity contribution in [3.8, 4) is 0 Å². The standard InChI is InChI=1S/C21H23F3N2O2/c1-15-3-2-4-19(13-15)26(18-9-11-25(12-10-18)20(27)28)14-16-5-7-17(8-6-16)21(22,23)24/h2-8,13,18H,9-12,14H2,1H3,(H,27,28). The van der Waals surface area contributed by atoms with Crippen LogP contribution in [0.5, 0.6) is 0 Å². The minimum Gasteiger partial charge on any atom is -0.465 e. The van der Waals surface area contributed by atoms with E-state index in [1.165, 1.54) is 17.0 Å². The first kappa shape index (κ1) is 20.0. The zero-order valence-corrected chi connectivity index (χ0v) is 15.6. The van der Waals surface area contributed by atoms with E-state index in [1.54, 1.807) is 0 Å². The summed E-state index contributed by atoms with van der Waals surface area (Å²) in [6.07, 6.45) is -3.90. The number of benzene rings is 2. The van der Waals surface area contributed by atoms with Crippen LogP contribution in [0.2, 0.25) is 0 Å². The van der Waals surface area contributed by atoms with E-state index in [0.29, 0.717) is 32.5 Å². The molecule has 0 spiro atoms. The SMILES string of the molecule is Cc1cccc(N(Cc2ccc(C(F)(F)F)cc2)C2CCN(C(=O)O)CC2)c1. The molecule has 7 heteroatoms. The fourth-order valence-corrected chi connectivity index (χ4v) is 3.60. The lowest BCUT2D eigenvalue weighted by Gasteiger charge is -2.39. The largest absolute Gasteiger partial charge is 0.465 e. The third-order valence-electron chi connectivity index (χ3n) is 5.14. The predicted molar refractivity (Wildman–Crippen MR) is 101 cm³/mol. The molecule has 0 bridgehead atoms. The summed E-state index contributed by atoms with van der Waals surface area (Å²) < 4.78 is 38.5. The van der Waals surface area contributed by atoms with Gasteiger partial charge in [0.15, 0.2) is 0 Å². The van der Waals surface area contributed by atoms with E-state index in [4.69, 9.17) is 5.11 Å². The van der Waals surface area contributed by atoms with Gasteiger partial charge in [0, 0.05) is 31.4 Å². The van der Waals surface area contributed by atoms with Crippen molar-refractivity contribution >= 4 is 11.8 Å². The second-order valence-corrected chi connectivity index (χ2v) is 7.16. The van der Waals surface area contributed by atoms with Crippen molar-refractivity contribution < 1.29 is 23.1 Å². The van der Waals surface area contributed by atoms with Crippen molar-refractivity contribution in [2.75, 3.05) is 18.0 Å². The molecular formula is C21H23F3N2O2. The van der Waals surface area contributed by atoms with Gasteiger partial charge < -0.3 is 14.9 Å². The smallest absolute Gasteiger partial charge is 0.416 e. The molecule has 4 nitrogen and oxygen atoms in total. The summed E-state index contributed by atoms with van der Waals surface area (Å²) in [5.41, 5.74) is 2.22. The quantitative estimate of drug-likeness (QED) is 0.781. The van der Waals surface area contributed by atoms with Gasteiger partial charge in [0.1, 0.15) is 0 Å². The fraction of sp³-hybridized carbons (Fsp3) is 0.381. The van der Waals surface area contributed by atoms with Crippen LogP contribution in [0.25, 0.3) is 0 Å². The Hall–Kier alpha value is -2.70. The monoisotopic (exact) mass is 392 g/mol. The van der Waals surface area contributed by atoms with Crippen LogP contribution in [-0.4, -0.2) is 35.2 Å². The van der Waals surface area contributed by atoms with E-state index in [9.17, 15) is 18.0 Å². The summed E-state index contributed by atoms with van der Waals surface area (Å²) in [5.74, 6) is 0. The number of nitrogens with zero attached hydrogens (tertiary/aromatic N) is 2. The van der Waals surface area contributed by atoms with Crippen LogP contribution < -0.4 is 4.90 Å². The Labute approximate surface area is 162 Å². The number of alkyl halides is 3. The third-order valence-corrected chi connectivity index (χ3v) is 5.14. The number of amides is 1. The summed E-state index contributed by atoms with van der Waals surface area (Å²) in [6.45, 7) is 3.37. The number of carbonyl (C=O) groups is 1. The zero-order valence-electron chi connectivity index (χ0n) is 15.6. The van der Waals surface area contributed by atoms with Crippen molar-refractivity contribution in [2.24, 2.45) is 0 Å². The maximum absolute atomic E-state index is 12.8. The van der Waals surface area contributed by atoms with Crippen LogP contribution in [0, 0.1) is 6.92 Å². The second-order valence-electron chi connectivity index (χ2n) is 7.16. The molecule has 1 heterocycles. The van der Waals surface area contributed by atoms with E-state index < -0.39 is 17.8 Å². The Morgan fingerprint density at radius 3 is 2.32 bits per heavy atom. The van der Waals surface area contributed by atoms with Gasteiger partial charge in [0.05, 0.1) is 5.56 Å². The number of likely N-dealkylation sites (tertiary alicyclic amines) is 1. The molecule has 2 aromatic rings. The lowest BCUT2D eigenvalue weighted by atomic mass is 10.0. The van der Waals surface area contributed by atoms with E-state index in [0.717, 1.165) is 28.9 Å². The number of piperidine rings is 1. The number of anilines is 1. The van der Waals surface area contributed by atoms with E-state index in [-0.39, 0.29) is 6.04 Å². The Balaban J connectivity index is 1.82. The van der Waals surface area contributed by atoms with Crippen molar-refractivity contribution in [1.29, 1.82) is 0 Å². The van der Waals surface area contributed by atoms with Crippen LogP contribution in [0.4, 0.5) is 23.7 Å². The topological polar surface area (TPSA) is 43.8 Å². The molecule has 1 fully saturated rings. The van der Waals surface area contributed by atoms with Gasteiger partial charge in [-0.2, -0.15) is 13.2 Å². The van der Waals surface area contributed by atoms with Gasteiger partial charge >= 0.3 is 12.3 Å². The summed E-state index contributed by atoms with van der Waals surface area (Å²) >= 11 is 0. The highest BCUT2D eigenvalue weighted by Crippen LogP contribution is 2.30. The molecular weight excluding hydrogens is 369 g/mol. The number of hydrogen-bond acceptors (Lipinski definition) is 2. The maximum atomic E-state index is 12.8. The molecule has 1 saturated heterocycles. The Morgan fingerprint density at radius 2 is 1.79 bits per heavy atom. The number of halogens is 3. The van der Waals surface area contributed by atoms with Crippen molar-refractivity contribution in [3.05, 3.63) is 65.2 Å². The molecule has 0 saturated carbocycles. The molecule has 2 aromatic carbocycles. The second kappa shape index (κ2) is 8.12. The van der Waals surface area contributed by atoms with Crippen molar-refractivity contribution in [2.45, 2.75) is 38.5 Å². The van der Waals surface area contributed by atoms with Gasteiger partial charge in [-0.05, 0) is 55.2 Å². The molecule has 0 aromatic heterocycles. The lowest BCUT2D eigenvalue weighted by Crippen LogP contribution is -2.46. The molecule has 0 radical (unpaired) electrons. The van der Waals surface area contributed by atoms with Crippen LogP contribution in [0.3, 0.4) is 0 Å². The van der Waals surface area contributed by atoms with E-state index in [1.807, 2.05) is 31.2 Å². The highest BCUT2D eigenvalue weighted by molar-refractivity contribution is 5.65. The molecule has 0 unspecified atom stereocenters. The average molecular weight is 392 g/mol. The Kier molecular flexibility index (Phi) is 5.82. The highest BCUT2D eigenvalue weighted by atomic mass is 19.4. The van der Waals surface area contributed by atoms with Crippen molar-refractivity contribution in [1.82, 2.24) is 4.90 Å². The first-order chi connectivity index (χ1) is 13.2. The number of aryl methyl sites for hydroxylation is 1. The number of carboxylic acid groups (broad SMARTS) is 1. The van der Waals surface area contributed by atoms with Crippen LogP contribution >= 0.6 is 0 Å². The first-order valence-corrected chi connectivity index (χ1v) is 9.21. The Morgan fingerprint density at radius 1 is 1.14 bits per heavy atom. The molecule has 1 N–H and O–H groups in total. The molecule has 3 rings (SSSR count). The predicted octanol–water partition coefficient (Wildman–Crippen LogP) is 5.16. The minimum atomic E-state index is -4.35. The van der Waals surface area contributed by atoms with Gasteiger partial charge in [-0.15, -0.1) is 0 Å². The summed E-state index contributed by atoms with van der Waals surface area (Å²) in [6, 6.07) is 13.3. The van der Waals surface area contributed by atoms with Gasteiger partial charge in [0.2, 0.25) is 0 Å². The molecule has 1 aliphatic rings. The Bertz CT molecular complexity index is 813. The first-order valence-electron chi connectivity index (χ1n) is 9.21. The van der Waals surface area contributed by atoms with Gasteiger partial charge in [-0.1, -0.05) is 24.3 Å². The highest BCUT2D eigenvalue weighted by Gasteiger charge is 2.30. The normalized spacial score (nSPS) is 15.5. The summed E-state index contributed by atoms with van der Waals surface area (Å²) in [5, 5.41) is 9.16. The molecule has 1 aliphatic heterocycles. The summed E-state index contributed by atoms with van der Waals surface area (Å²) in [4.78, 5) is 14.8. The molecule has 0 atom stereocenters. The average Bonchev–Trinajstić information content (AvgIpc) is 2.66. The van der Waals surface area contributed by atoms with E-state index >= 15 is 0 Å². The van der Waals surface area contributed by atoms with Crippen LogP contribution in [-0.2, 0) is 12.7 Å². The van der Waals surface area contributed by atoms with Crippen molar-refractivity contribution in [3.63, 3.8) is 0 Å². The number of hydrogen-bond donors (Lipinski definition) is 1. The van der Waals surface area contributed by atoms with Gasteiger partial charge in [-0.3, -0.25) is 0 Å². The lowest BCUT2D eigenvalue weighted by molar-refractivity contribution is -0.137. The van der Waals surface area contributed by atoms with E-state index in [2.05, 4.69) is 4.90 Å². The molecule has 28 heavy (non-hydrogen) atoms.